The van der Waals surface area contributed by atoms with Crippen LogP contribution in [0.25, 0.3) is 0 Å². The van der Waals surface area contributed by atoms with Crippen LogP contribution in [0.1, 0.15) is 56.9 Å². The fourth-order valence-corrected chi connectivity index (χ4v) is 3.03. The van der Waals surface area contributed by atoms with E-state index in [1.165, 1.54) is 6.42 Å². The number of rotatable bonds is 10. The summed E-state index contributed by atoms with van der Waals surface area (Å²) in [5.74, 6) is 1.02. The van der Waals surface area contributed by atoms with E-state index in [2.05, 4.69) is 24.1 Å². The van der Waals surface area contributed by atoms with E-state index >= 15 is 0 Å². The van der Waals surface area contributed by atoms with Crippen LogP contribution in [0.15, 0.2) is 11.6 Å². The van der Waals surface area contributed by atoms with Crippen LogP contribution in [0, 0.1) is 5.92 Å². The Labute approximate surface area is 126 Å². The van der Waals surface area contributed by atoms with Crippen LogP contribution in [-0.4, -0.2) is 24.0 Å². The summed E-state index contributed by atoms with van der Waals surface area (Å²) in [4.78, 5) is 16.1. The molecule has 0 spiro atoms. The number of nitrogens with two attached hydrogens (primary N) is 1. The van der Waals surface area contributed by atoms with E-state index in [-0.39, 0.29) is 11.8 Å². The quantitative estimate of drug-likeness (QED) is 0.697. The van der Waals surface area contributed by atoms with Crippen molar-refractivity contribution in [3.05, 3.63) is 16.6 Å². The minimum absolute atomic E-state index is 0.145. The first-order valence-corrected chi connectivity index (χ1v) is 8.41. The maximum Gasteiger partial charge on any atom is 0.220 e. The average molecular weight is 297 g/mol. The molecule has 0 saturated carbocycles. The van der Waals surface area contributed by atoms with E-state index in [0.29, 0.717) is 25.4 Å². The van der Waals surface area contributed by atoms with Gasteiger partial charge >= 0.3 is 0 Å². The first-order chi connectivity index (χ1) is 9.67. The van der Waals surface area contributed by atoms with Crippen LogP contribution in [0.3, 0.4) is 0 Å². The van der Waals surface area contributed by atoms with Crippen molar-refractivity contribution in [2.75, 3.05) is 13.1 Å². The zero-order valence-electron chi connectivity index (χ0n) is 12.6. The Bertz CT molecular complexity index is 361. The van der Waals surface area contributed by atoms with Gasteiger partial charge in [0, 0.05) is 30.5 Å². The molecule has 0 aliphatic rings. The Morgan fingerprint density at radius 1 is 1.45 bits per heavy atom. The van der Waals surface area contributed by atoms with E-state index in [9.17, 15) is 4.79 Å². The van der Waals surface area contributed by atoms with Gasteiger partial charge in [0.25, 0.3) is 0 Å². The summed E-state index contributed by atoms with van der Waals surface area (Å²) in [7, 11) is 0. The lowest BCUT2D eigenvalue weighted by molar-refractivity contribution is -0.121. The number of nitrogens with one attached hydrogen (secondary N) is 1. The second-order valence-corrected chi connectivity index (χ2v) is 6.27. The van der Waals surface area contributed by atoms with Crippen molar-refractivity contribution in [1.29, 1.82) is 0 Å². The standard InChI is InChI=1S/C15H27N3OS/c1-3-4-13(7-8-16)5-6-14(19)18-11-12(2)15-17-9-10-20-15/h9-10,12-13H,3-8,11,16H2,1-2H3,(H,18,19). The maximum absolute atomic E-state index is 11.9. The molecular formula is C15H27N3OS. The number of carbonyl (C=O) groups excluding carboxylic acids is 1. The third kappa shape index (κ3) is 6.48. The Morgan fingerprint density at radius 3 is 2.85 bits per heavy atom. The number of hydrogen-bond acceptors (Lipinski definition) is 4. The smallest absolute Gasteiger partial charge is 0.220 e. The van der Waals surface area contributed by atoms with E-state index in [1.54, 1.807) is 17.5 Å². The molecule has 1 rings (SSSR count). The van der Waals surface area contributed by atoms with Crippen LogP contribution in [0.4, 0.5) is 0 Å². The Kier molecular flexibility index (Phi) is 8.46. The summed E-state index contributed by atoms with van der Waals surface area (Å²) in [5.41, 5.74) is 5.61. The van der Waals surface area contributed by atoms with Crippen LogP contribution in [0.5, 0.6) is 0 Å². The van der Waals surface area contributed by atoms with Crippen LogP contribution in [-0.2, 0) is 4.79 Å². The first kappa shape index (κ1) is 17.1. The normalized spacial score (nSPS) is 13.9. The van der Waals surface area contributed by atoms with Crippen LogP contribution < -0.4 is 11.1 Å². The molecule has 3 N–H and O–H groups in total. The maximum atomic E-state index is 11.9. The number of carbonyl (C=O) groups is 1. The minimum atomic E-state index is 0.145. The minimum Gasteiger partial charge on any atom is -0.355 e. The fourth-order valence-electron chi connectivity index (χ4n) is 2.33. The number of thiazole rings is 1. The monoisotopic (exact) mass is 297 g/mol. The Balaban J connectivity index is 2.22. The van der Waals surface area contributed by atoms with E-state index in [1.807, 2.05) is 5.38 Å². The number of nitrogens with zero attached hydrogens (tertiary/aromatic N) is 1. The molecule has 20 heavy (non-hydrogen) atoms. The van der Waals surface area contributed by atoms with Gasteiger partial charge in [0.2, 0.25) is 5.91 Å². The molecule has 0 bridgehead atoms. The summed E-state index contributed by atoms with van der Waals surface area (Å²) < 4.78 is 0. The van der Waals surface area contributed by atoms with Gasteiger partial charge in [0.15, 0.2) is 0 Å². The van der Waals surface area contributed by atoms with Crippen molar-refractivity contribution in [1.82, 2.24) is 10.3 Å². The molecule has 2 atom stereocenters. The lowest BCUT2D eigenvalue weighted by atomic mass is 9.94. The van der Waals surface area contributed by atoms with Gasteiger partial charge in [0.1, 0.15) is 0 Å². The molecule has 5 heteroatoms. The van der Waals surface area contributed by atoms with Gasteiger partial charge in [0.05, 0.1) is 5.01 Å². The van der Waals surface area contributed by atoms with Crippen molar-refractivity contribution in [3.8, 4) is 0 Å². The SMILES string of the molecule is CCCC(CCN)CCC(=O)NCC(C)c1nccs1. The average Bonchev–Trinajstić information content (AvgIpc) is 2.97. The molecule has 4 nitrogen and oxygen atoms in total. The van der Waals surface area contributed by atoms with Crippen molar-refractivity contribution in [3.63, 3.8) is 0 Å². The van der Waals surface area contributed by atoms with Gasteiger partial charge in [-0.05, 0) is 25.3 Å². The zero-order chi connectivity index (χ0) is 14.8. The molecule has 1 amide bonds. The van der Waals surface area contributed by atoms with Crippen LogP contribution in [0.2, 0.25) is 0 Å². The predicted octanol–water partition coefficient (Wildman–Crippen LogP) is 2.91. The highest BCUT2D eigenvalue weighted by Crippen LogP contribution is 2.18. The number of aromatic nitrogens is 1. The highest BCUT2D eigenvalue weighted by atomic mass is 32.1. The van der Waals surface area contributed by atoms with Crippen molar-refractivity contribution >= 4 is 17.2 Å². The van der Waals surface area contributed by atoms with E-state index < -0.39 is 0 Å². The van der Waals surface area contributed by atoms with Gasteiger partial charge < -0.3 is 11.1 Å². The zero-order valence-corrected chi connectivity index (χ0v) is 13.4. The van der Waals surface area contributed by atoms with Crippen molar-refractivity contribution < 1.29 is 4.79 Å². The van der Waals surface area contributed by atoms with Gasteiger partial charge in [-0.1, -0.05) is 26.7 Å². The Hall–Kier alpha value is -0.940. The third-order valence-electron chi connectivity index (χ3n) is 3.53. The molecule has 2 unspecified atom stereocenters. The van der Waals surface area contributed by atoms with Gasteiger partial charge in [-0.25, -0.2) is 4.98 Å². The molecule has 114 valence electrons. The molecule has 0 saturated heterocycles. The third-order valence-corrected chi connectivity index (χ3v) is 4.54. The van der Waals surface area contributed by atoms with Crippen LogP contribution >= 0.6 is 11.3 Å². The largest absolute Gasteiger partial charge is 0.355 e. The second-order valence-electron chi connectivity index (χ2n) is 5.35. The van der Waals surface area contributed by atoms with Gasteiger partial charge in [-0.2, -0.15) is 0 Å². The van der Waals surface area contributed by atoms with Crippen molar-refractivity contribution in [2.45, 2.75) is 51.9 Å². The molecule has 1 aromatic heterocycles. The fraction of sp³-hybridized carbons (Fsp3) is 0.733. The summed E-state index contributed by atoms with van der Waals surface area (Å²) >= 11 is 1.64. The first-order valence-electron chi connectivity index (χ1n) is 7.53. The summed E-state index contributed by atoms with van der Waals surface area (Å²) in [6.07, 6.45) is 6.71. The van der Waals surface area contributed by atoms with E-state index in [4.69, 9.17) is 5.73 Å². The highest BCUT2D eigenvalue weighted by molar-refractivity contribution is 7.09. The summed E-state index contributed by atoms with van der Waals surface area (Å²) in [6, 6.07) is 0. The van der Waals surface area contributed by atoms with Gasteiger partial charge in [-0.3, -0.25) is 4.79 Å². The summed E-state index contributed by atoms with van der Waals surface area (Å²) in [5, 5.41) is 6.06. The van der Waals surface area contributed by atoms with E-state index in [0.717, 1.165) is 24.3 Å². The molecule has 0 radical (unpaired) electrons. The van der Waals surface area contributed by atoms with Gasteiger partial charge in [-0.15, -0.1) is 11.3 Å². The van der Waals surface area contributed by atoms with Crippen molar-refractivity contribution in [2.24, 2.45) is 11.7 Å². The molecule has 0 fully saturated rings. The second kappa shape index (κ2) is 9.88. The number of amides is 1. The summed E-state index contributed by atoms with van der Waals surface area (Å²) in [6.45, 7) is 5.65. The molecule has 0 aromatic carbocycles. The lowest BCUT2D eigenvalue weighted by Crippen LogP contribution is -2.27. The highest BCUT2D eigenvalue weighted by Gasteiger charge is 2.12. The molecule has 1 heterocycles. The Morgan fingerprint density at radius 2 is 2.25 bits per heavy atom. The predicted molar refractivity (Wildman–Crippen MR) is 84.8 cm³/mol. The molecule has 0 aliphatic carbocycles. The molecule has 1 aromatic rings. The number of hydrogen-bond donors (Lipinski definition) is 2. The molecule has 0 aliphatic heterocycles. The molecular weight excluding hydrogens is 270 g/mol. The lowest BCUT2D eigenvalue weighted by Gasteiger charge is -2.15. The topological polar surface area (TPSA) is 68.0 Å².